The number of anilines is 2. The van der Waals surface area contributed by atoms with Crippen LogP contribution in [-0.2, 0) is 37.3 Å². The number of nitrogens with zero attached hydrogens (tertiary/aromatic N) is 10. The smallest absolute Gasteiger partial charge is 0.466 e. The van der Waals surface area contributed by atoms with E-state index in [1.54, 1.807) is 0 Å². The number of nitrogens with one attached hydrogen (secondary N) is 2. The standard InChI is InChI=1S/2C10H13N5O4.2C4H9N3O2.4H3O4P/c2*11-8-5-9(13-2-12-8)15(3-14-5)10-7(18)6(17)4(1-16)19-10;2*1-7(4(5)6)2-3(8)9;4*1-5(2,3)4/h2*2-4,6-7,10,16-18H,1H2,(H2,11,12,13);2*2H2,1H3,(H3,5,6)(H,8,9);4*(H3,1,2,3,4)/t2*4-,6-,7-,10-;;;;;;/m11....../s1. The lowest BCUT2D eigenvalue weighted by Gasteiger charge is -2.16. The lowest BCUT2D eigenvalue weighted by atomic mass is 10.1. The molecule has 2 saturated heterocycles. The van der Waals surface area contributed by atoms with Gasteiger partial charge in [-0.2, -0.15) is 0 Å². The van der Waals surface area contributed by atoms with Crippen molar-refractivity contribution >= 4 is 89.1 Å². The van der Waals surface area contributed by atoms with Crippen LogP contribution in [0.3, 0.4) is 0 Å². The molecule has 0 aromatic carbocycles. The Morgan fingerprint density at radius 2 is 0.803 bits per heavy atom. The van der Waals surface area contributed by atoms with Gasteiger partial charge < -0.3 is 142 Å². The van der Waals surface area contributed by atoms with Gasteiger partial charge in [0.05, 0.1) is 25.9 Å². The summed E-state index contributed by atoms with van der Waals surface area (Å²) >= 11 is 0. The number of rotatable bonds is 8. The van der Waals surface area contributed by atoms with Crippen LogP contribution >= 0.6 is 31.3 Å². The molecule has 0 radical (unpaired) electrons. The summed E-state index contributed by atoms with van der Waals surface area (Å²) in [6, 6.07) is 0. The normalized spacial score (nSPS) is 20.7. The first-order valence-electron chi connectivity index (χ1n) is 19.1. The van der Waals surface area contributed by atoms with E-state index in [4.69, 9.17) is 141 Å². The van der Waals surface area contributed by atoms with Gasteiger partial charge in [0.2, 0.25) is 0 Å². The van der Waals surface area contributed by atoms with Crippen LogP contribution in [0.4, 0.5) is 11.6 Å². The third-order valence-electron chi connectivity index (χ3n) is 7.92. The van der Waals surface area contributed by atoms with Crippen LogP contribution in [0.5, 0.6) is 0 Å². The number of phosphoric acid groups is 4. The number of likely N-dealkylation sites (N-methyl/N-ethyl adjacent to an activating group) is 2. The molecule has 6 heterocycles. The second kappa shape index (κ2) is 32.1. The van der Waals surface area contributed by atoms with Crippen molar-refractivity contribution in [1.29, 1.82) is 10.8 Å². The molecule has 0 saturated carbocycles. The molecule has 30 N–H and O–H groups in total. The maximum Gasteiger partial charge on any atom is 0.466 e. The maximum atomic E-state index is 9.95. The van der Waals surface area contributed by atoms with Crippen molar-refractivity contribution in [3.8, 4) is 0 Å². The van der Waals surface area contributed by atoms with Crippen molar-refractivity contribution in [3.05, 3.63) is 25.3 Å². The van der Waals surface area contributed by atoms with Crippen LogP contribution < -0.4 is 22.9 Å². The summed E-state index contributed by atoms with van der Waals surface area (Å²) in [6.45, 7) is -1.23. The SMILES string of the molecule is CN(CC(=O)O)C(=N)N.CN(CC(=O)O)C(=N)N.Nc1ncnc2c1ncn2[C@@H]1O[C@H](CO)[C@@H](O)[C@H]1O.Nc1ncnc2c1ncn2[C@@H]1O[C@H](CO)[C@@H](O)[C@H]1O.O=P(O)(O)O.O=P(O)(O)O.O=P(O)(O)O.O=P(O)(O)O. The predicted octanol–water partition coefficient (Wildman–Crippen LogP) is -9.88. The van der Waals surface area contributed by atoms with E-state index in [1.165, 1.54) is 48.5 Å². The molecule has 2 aliphatic rings. The van der Waals surface area contributed by atoms with Gasteiger partial charge in [0.15, 0.2) is 47.3 Å². The first-order valence-corrected chi connectivity index (χ1v) is 25.4. The molecule has 2 aliphatic heterocycles. The lowest BCUT2D eigenvalue weighted by Crippen LogP contribution is -2.36. The molecule has 4 aromatic rings. The minimum Gasteiger partial charge on any atom is -0.480 e. The second-order valence-electron chi connectivity index (χ2n) is 13.9. The summed E-state index contributed by atoms with van der Waals surface area (Å²) in [4.78, 5) is 132. The Morgan fingerprint density at radius 3 is 0.987 bits per heavy atom. The van der Waals surface area contributed by atoms with Gasteiger partial charge in [-0.1, -0.05) is 0 Å². The molecule has 0 amide bonds. The Labute approximate surface area is 422 Å². The van der Waals surface area contributed by atoms with Crippen LogP contribution in [0, 0.1) is 10.8 Å². The molecule has 0 spiro atoms. The molecule has 0 bridgehead atoms. The Morgan fingerprint density at radius 1 is 0.553 bits per heavy atom. The van der Waals surface area contributed by atoms with Crippen molar-refractivity contribution < 1.29 is 137 Å². The van der Waals surface area contributed by atoms with Gasteiger partial charge >= 0.3 is 43.2 Å². The molecule has 4 aromatic heterocycles. The largest absolute Gasteiger partial charge is 0.480 e. The van der Waals surface area contributed by atoms with Gasteiger partial charge in [-0.25, -0.2) is 48.2 Å². The zero-order chi connectivity index (χ0) is 60.0. The lowest BCUT2D eigenvalue weighted by molar-refractivity contribution is -0.138. The fourth-order valence-corrected chi connectivity index (χ4v) is 4.91. The highest BCUT2D eigenvalue weighted by Crippen LogP contribution is 2.33. The number of ether oxygens (including phenoxy) is 2. The van der Waals surface area contributed by atoms with Crippen LogP contribution in [0.15, 0.2) is 25.3 Å². The van der Waals surface area contributed by atoms with E-state index >= 15 is 0 Å². The number of carboxylic acid groups (broad SMARTS) is 2. The minimum absolute atomic E-state index is 0.218. The summed E-state index contributed by atoms with van der Waals surface area (Å²) in [6.07, 6.45) is -2.85. The molecule has 2 fully saturated rings. The number of aromatic nitrogens is 8. The first kappa shape index (κ1) is 72.4. The van der Waals surface area contributed by atoms with Gasteiger partial charge in [-0.15, -0.1) is 0 Å². The predicted molar refractivity (Wildman–Crippen MR) is 247 cm³/mol. The van der Waals surface area contributed by atoms with Crippen molar-refractivity contribution in [2.75, 3.05) is 51.9 Å². The minimum atomic E-state index is -4.64. The van der Waals surface area contributed by atoms with Crippen molar-refractivity contribution in [1.82, 2.24) is 48.8 Å². The quantitative estimate of drug-likeness (QED) is 0.0442. The number of nitrogens with two attached hydrogens (primary N) is 4. The molecular formula is C28H56N16O28P4. The van der Waals surface area contributed by atoms with Gasteiger partial charge in [0, 0.05) is 14.1 Å². The van der Waals surface area contributed by atoms with Gasteiger partial charge in [0.25, 0.3) is 0 Å². The molecule has 8 atom stereocenters. The molecule has 76 heavy (non-hydrogen) atoms. The second-order valence-corrected chi connectivity index (χ2v) is 18.1. The Kier molecular flexibility index (Phi) is 30.6. The Bertz CT molecular complexity index is 2420. The van der Waals surface area contributed by atoms with E-state index in [9.17, 15) is 30.0 Å². The van der Waals surface area contributed by atoms with E-state index < -0.39 is 106 Å². The van der Waals surface area contributed by atoms with Crippen molar-refractivity contribution in [2.24, 2.45) is 11.5 Å². The molecule has 436 valence electrons. The molecule has 0 unspecified atom stereocenters. The van der Waals surface area contributed by atoms with E-state index in [0.717, 1.165) is 9.80 Å². The molecular weight excluding hydrogens is 1130 g/mol. The maximum absolute atomic E-state index is 9.95. The topological polar surface area (TPSA) is 771 Å². The summed E-state index contributed by atoms with van der Waals surface area (Å²) < 4.78 is 49.2. The Hall–Kier alpha value is -5.70. The van der Waals surface area contributed by atoms with Crippen LogP contribution in [-0.4, -0.2) is 249 Å². The zero-order valence-electron chi connectivity index (χ0n) is 38.5. The molecule has 48 heteroatoms. The number of aliphatic carboxylic acids is 2. The number of carbonyl (C=O) groups is 2. The number of fused-ring (bicyclic) bond motifs is 2. The average Bonchev–Trinajstić information content (AvgIpc) is 4.00. The highest BCUT2D eigenvalue weighted by atomic mass is 31.2. The van der Waals surface area contributed by atoms with Gasteiger partial charge in [-0.05, 0) is 0 Å². The van der Waals surface area contributed by atoms with Crippen LogP contribution in [0.1, 0.15) is 12.5 Å². The number of hydrogen-bond acceptors (Lipinski definition) is 24. The fraction of sp³-hybridized carbons (Fsp3) is 0.500. The highest BCUT2D eigenvalue weighted by molar-refractivity contribution is 7.45. The fourth-order valence-electron chi connectivity index (χ4n) is 4.91. The third kappa shape index (κ3) is 30.8. The van der Waals surface area contributed by atoms with E-state index in [0.29, 0.717) is 22.3 Å². The number of imidazole rings is 2. The van der Waals surface area contributed by atoms with E-state index in [1.807, 2.05) is 0 Å². The summed E-state index contributed by atoms with van der Waals surface area (Å²) in [5, 5.41) is 87.2. The summed E-state index contributed by atoms with van der Waals surface area (Å²) in [5.41, 5.74) is 22.7. The zero-order valence-corrected chi connectivity index (χ0v) is 42.1. The number of aliphatic hydroxyl groups excluding tert-OH is 6. The Balaban J connectivity index is 0. The van der Waals surface area contributed by atoms with E-state index in [-0.39, 0.29) is 36.6 Å². The first-order chi connectivity index (χ1) is 34.3. The van der Waals surface area contributed by atoms with Crippen LogP contribution in [0.25, 0.3) is 22.3 Å². The number of guanidine groups is 2. The van der Waals surface area contributed by atoms with Gasteiger partial charge in [0.1, 0.15) is 73.4 Å². The highest BCUT2D eigenvalue weighted by Gasteiger charge is 2.45. The monoisotopic (exact) mass is 1190 g/mol. The van der Waals surface area contributed by atoms with Crippen molar-refractivity contribution in [2.45, 2.75) is 49.1 Å². The molecule has 44 nitrogen and oxygen atoms in total. The number of nitrogen functional groups attached to an aromatic ring is 2. The van der Waals surface area contributed by atoms with Crippen LogP contribution in [0.2, 0.25) is 0 Å². The van der Waals surface area contributed by atoms with E-state index in [2.05, 4.69) is 29.9 Å². The average molecular weight is 1190 g/mol. The third-order valence-corrected chi connectivity index (χ3v) is 7.92. The number of hydrogen-bond donors (Lipinski definition) is 26. The van der Waals surface area contributed by atoms with Crippen molar-refractivity contribution in [3.63, 3.8) is 0 Å². The summed E-state index contributed by atoms with van der Waals surface area (Å²) in [5.74, 6) is -2.03. The van der Waals surface area contributed by atoms with Gasteiger partial charge in [-0.3, -0.25) is 29.5 Å². The number of aliphatic hydroxyl groups is 6. The number of carboxylic acids is 2. The summed E-state index contributed by atoms with van der Waals surface area (Å²) in [7, 11) is -15.7. The molecule has 6 rings (SSSR count). The molecule has 0 aliphatic carbocycles.